The average Bonchev–Trinajstić information content (AvgIpc) is 2.96. The van der Waals surface area contributed by atoms with Crippen molar-refractivity contribution in [2.45, 2.75) is 18.3 Å². The number of amidine groups is 1. The summed E-state index contributed by atoms with van der Waals surface area (Å²) in [5.74, 6) is 0. The van der Waals surface area contributed by atoms with Crippen LogP contribution in [0.3, 0.4) is 0 Å². The Hall–Kier alpha value is -2.48. The lowest BCUT2D eigenvalue weighted by atomic mass is 10.2. The van der Waals surface area contributed by atoms with E-state index in [0.717, 1.165) is 12.1 Å². The van der Waals surface area contributed by atoms with Crippen molar-refractivity contribution in [3.05, 3.63) is 60.2 Å². The second kappa shape index (κ2) is 7.41. The van der Waals surface area contributed by atoms with Crippen LogP contribution in [-0.4, -0.2) is 27.9 Å². The first-order chi connectivity index (χ1) is 12.3. The minimum Gasteiger partial charge on any atom is -0.307 e. The lowest BCUT2D eigenvalue weighted by molar-refractivity contribution is -0.137. The molecule has 136 valence electrons. The summed E-state index contributed by atoms with van der Waals surface area (Å²) in [6.45, 7) is 2.39. The quantitative estimate of drug-likeness (QED) is 0.763. The van der Waals surface area contributed by atoms with Gasteiger partial charge in [-0.25, -0.2) is 9.79 Å². The van der Waals surface area contributed by atoms with E-state index < -0.39 is 17.8 Å². The third-order valence-corrected chi connectivity index (χ3v) is 4.72. The van der Waals surface area contributed by atoms with Crippen molar-refractivity contribution < 1.29 is 18.0 Å². The molecule has 1 aliphatic rings. The van der Waals surface area contributed by atoms with Gasteiger partial charge >= 0.3 is 12.2 Å². The number of aliphatic imine (C=N–C) groups is 1. The van der Waals surface area contributed by atoms with E-state index in [4.69, 9.17) is 0 Å². The van der Waals surface area contributed by atoms with Crippen molar-refractivity contribution in [1.82, 2.24) is 4.90 Å². The number of para-hydroxylation sites is 1. The summed E-state index contributed by atoms with van der Waals surface area (Å²) in [6.07, 6.45) is -4.46. The Kier molecular flexibility index (Phi) is 5.22. The van der Waals surface area contributed by atoms with Gasteiger partial charge in [-0.3, -0.25) is 4.90 Å². The number of carbonyl (C=O) groups excluding carboxylic acids is 1. The molecule has 1 heterocycles. The lowest BCUT2D eigenvalue weighted by Gasteiger charge is -2.17. The minimum atomic E-state index is -4.46. The van der Waals surface area contributed by atoms with Crippen LogP contribution in [0.2, 0.25) is 0 Å². The fraction of sp³-hybridized carbons (Fsp3) is 0.222. The molecular weight excluding hydrogens is 363 g/mol. The first-order valence-corrected chi connectivity index (χ1v) is 8.77. The predicted molar refractivity (Wildman–Crippen MR) is 97.8 cm³/mol. The molecule has 3 rings (SSSR count). The number of carbonyl (C=O) groups is 1. The van der Waals surface area contributed by atoms with Gasteiger partial charge in [-0.2, -0.15) is 13.2 Å². The topological polar surface area (TPSA) is 44.7 Å². The maximum Gasteiger partial charge on any atom is 0.416 e. The molecule has 1 saturated heterocycles. The molecule has 2 aromatic carbocycles. The van der Waals surface area contributed by atoms with Gasteiger partial charge in [0.1, 0.15) is 0 Å². The molecule has 2 amide bonds. The Morgan fingerprint density at radius 1 is 1.19 bits per heavy atom. The molecule has 0 spiro atoms. The molecule has 1 fully saturated rings. The number of anilines is 1. The van der Waals surface area contributed by atoms with Crippen molar-refractivity contribution >= 4 is 34.3 Å². The van der Waals surface area contributed by atoms with E-state index >= 15 is 0 Å². The SMILES string of the molecule is CC1CN(C(=O)Nc2cccc(C(F)(F)F)c2)C(=Nc2ccccc2)S1. The summed E-state index contributed by atoms with van der Waals surface area (Å²) in [4.78, 5) is 18.5. The Morgan fingerprint density at radius 2 is 1.92 bits per heavy atom. The van der Waals surface area contributed by atoms with Crippen molar-refractivity contribution in [3.63, 3.8) is 0 Å². The molecular formula is C18H16F3N3OS. The average molecular weight is 379 g/mol. The number of halogens is 3. The number of hydrogen-bond donors (Lipinski definition) is 1. The molecule has 0 bridgehead atoms. The molecule has 8 heteroatoms. The number of benzene rings is 2. The van der Waals surface area contributed by atoms with E-state index in [9.17, 15) is 18.0 Å². The van der Waals surface area contributed by atoms with Crippen molar-refractivity contribution in [3.8, 4) is 0 Å². The Balaban J connectivity index is 1.79. The predicted octanol–water partition coefficient (Wildman–Crippen LogP) is 5.36. The standard InChI is InChI=1S/C18H16F3N3OS/c1-12-11-24(17(26-12)23-14-7-3-2-4-8-14)16(25)22-15-9-5-6-13(10-15)18(19,20)21/h2-10,12H,11H2,1H3,(H,22,25). The minimum absolute atomic E-state index is 0.0911. The fourth-order valence-corrected chi connectivity index (χ4v) is 3.48. The monoisotopic (exact) mass is 379 g/mol. The van der Waals surface area contributed by atoms with E-state index in [2.05, 4.69) is 10.3 Å². The van der Waals surface area contributed by atoms with Crippen LogP contribution in [0, 0.1) is 0 Å². The van der Waals surface area contributed by atoms with Gasteiger partial charge in [0.25, 0.3) is 0 Å². The molecule has 0 saturated carbocycles. The molecule has 1 unspecified atom stereocenters. The zero-order chi connectivity index (χ0) is 18.7. The van der Waals surface area contributed by atoms with Crippen LogP contribution < -0.4 is 5.32 Å². The van der Waals surface area contributed by atoms with Gasteiger partial charge in [0.2, 0.25) is 0 Å². The van der Waals surface area contributed by atoms with E-state index in [1.165, 1.54) is 28.8 Å². The Morgan fingerprint density at radius 3 is 2.62 bits per heavy atom. The molecule has 2 aromatic rings. The number of nitrogens with one attached hydrogen (secondary N) is 1. The zero-order valence-corrected chi connectivity index (χ0v) is 14.6. The molecule has 26 heavy (non-hydrogen) atoms. The third kappa shape index (κ3) is 4.37. The molecule has 4 nitrogen and oxygen atoms in total. The zero-order valence-electron chi connectivity index (χ0n) is 13.8. The molecule has 1 N–H and O–H groups in total. The van der Waals surface area contributed by atoms with Crippen LogP contribution in [0.1, 0.15) is 12.5 Å². The highest BCUT2D eigenvalue weighted by Gasteiger charge is 2.32. The van der Waals surface area contributed by atoms with Gasteiger partial charge < -0.3 is 5.32 Å². The smallest absolute Gasteiger partial charge is 0.307 e. The number of amides is 2. The third-order valence-electron chi connectivity index (χ3n) is 3.64. The number of nitrogens with zero attached hydrogens (tertiary/aromatic N) is 2. The molecule has 1 aliphatic heterocycles. The maximum atomic E-state index is 12.8. The summed E-state index contributed by atoms with van der Waals surface area (Å²) in [5.41, 5.74) is -0.00736. The summed E-state index contributed by atoms with van der Waals surface area (Å²) >= 11 is 1.45. The van der Waals surface area contributed by atoms with Crippen LogP contribution in [-0.2, 0) is 6.18 Å². The first-order valence-electron chi connectivity index (χ1n) is 7.89. The van der Waals surface area contributed by atoms with Crippen LogP contribution in [0.5, 0.6) is 0 Å². The Labute approximate surface area is 153 Å². The van der Waals surface area contributed by atoms with Gasteiger partial charge in [-0.1, -0.05) is 43.0 Å². The molecule has 0 aliphatic carbocycles. The highest BCUT2D eigenvalue weighted by atomic mass is 32.2. The van der Waals surface area contributed by atoms with Gasteiger partial charge in [-0.05, 0) is 30.3 Å². The molecule has 0 aromatic heterocycles. The number of hydrogen-bond acceptors (Lipinski definition) is 3. The van der Waals surface area contributed by atoms with Gasteiger partial charge in [0.05, 0.1) is 11.3 Å². The largest absolute Gasteiger partial charge is 0.416 e. The van der Waals surface area contributed by atoms with Crippen molar-refractivity contribution in [2.24, 2.45) is 4.99 Å². The van der Waals surface area contributed by atoms with Crippen LogP contribution >= 0.6 is 11.8 Å². The highest BCUT2D eigenvalue weighted by molar-refractivity contribution is 8.14. The fourth-order valence-electron chi connectivity index (χ4n) is 2.45. The second-order valence-electron chi connectivity index (χ2n) is 5.78. The lowest BCUT2D eigenvalue weighted by Crippen LogP contribution is -2.36. The van der Waals surface area contributed by atoms with E-state index in [0.29, 0.717) is 17.4 Å². The number of thioether (sulfide) groups is 1. The van der Waals surface area contributed by atoms with Gasteiger partial charge in [0, 0.05) is 17.5 Å². The molecule has 0 radical (unpaired) electrons. The van der Waals surface area contributed by atoms with Gasteiger partial charge in [0.15, 0.2) is 5.17 Å². The number of rotatable bonds is 2. The summed E-state index contributed by atoms with van der Waals surface area (Å²) in [6, 6.07) is 13.3. The van der Waals surface area contributed by atoms with Crippen molar-refractivity contribution in [1.29, 1.82) is 0 Å². The maximum absolute atomic E-state index is 12.8. The van der Waals surface area contributed by atoms with Crippen molar-refractivity contribution in [2.75, 3.05) is 11.9 Å². The second-order valence-corrected chi connectivity index (χ2v) is 7.18. The first kappa shape index (κ1) is 18.3. The highest BCUT2D eigenvalue weighted by Crippen LogP contribution is 2.32. The van der Waals surface area contributed by atoms with E-state index in [-0.39, 0.29) is 10.9 Å². The van der Waals surface area contributed by atoms with Crippen LogP contribution in [0.15, 0.2) is 59.6 Å². The van der Waals surface area contributed by atoms with Gasteiger partial charge in [-0.15, -0.1) is 0 Å². The Bertz CT molecular complexity index is 824. The van der Waals surface area contributed by atoms with Crippen LogP contribution in [0.25, 0.3) is 0 Å². The summed E-state index contributed by atoms with van der Waals surface area (Å²) in [5, 5.41) is 3.19. The van der Waals surface area contributed by atoms with Crippen LogP contribution in [0.4, 0.5) is 29.3 Å². The van der Waals surface area contributed by atoms with E-state index in [1.807, 2.05) is 37.3 Å². The summed E-state index contributed by atoms with van der Waals surface area (Å²) < 4.78 is 38.4. The normalized spacial score (nSPS) is 19.0. The van der Waals surface area contributed by atoms with E-state index in [1.54, 1.807) is 0 Å². The number of urea groups is 1. The number of alkyl halides is 3. The summed E-state index contributed by atoms with van der Waals surface area (Å²) in [7, 11) is 0. The molecule has 1 atom stereocenters.